The summed E-state index contributed by atoms with van der Waals surface area (Å²) in [5, 5.41) is 4.36. The third-order valence-electron chi connectivity index (χ3n) is 5.00. The highest BCUT2D eigenvalue weighted by molar-refractivity contribution is 5.89. The standard InChI is InChI=1S/C23H34N2O4/c1-2-28-23(27)19-14-16-21(17-15-19)29-18-22(26)25-24-20-12-10-8-6-4-3-5-7-9-11-13-20/h14-17H,2-13,18H2,1H3,(H,25,26). The second kappa shape index (κ2) is 13.7. The van der Waals surface area contributed by atoms with Crippen LogP contribution in [0.1, 0.15) is 87.9 Å². The van der Waals surface area contributed by atoms with E-state index in [9.17, 15) is 9.59 Å². The number of hydrogen-bond donors (Lipinski definition) is 1. The lowest BCUT2D eigenvalue weighted by Gasteiger charge is -2.10. The van der Waals surface area contributed by atoms with Crippen LogP contribution in [0.2, 0.25) is 0 Å². The Morgan fingerprint density at radius 3 is 2.00 bits per heavy atom. The van der Waals surface area contributed by atoms with Crippen LogP contribution in [0.4, 0.5) is 0 Å². The maximum atomic E-state index is 12.1. The van der Waals surface area contributed by atoms with Crippen LogP contribution in [0.25, 0.3) is 0 Å². The summed E-state index contributed by atoms with van der Waals surface area (Å²) in [6, 6.07) is 6.54. The van der Waals surface area contributed by atoms with Gasteiger partial charge in [-0.2, -0.15) is 5.10 Å². The van der Waals surface area contributed by atoms with E-state index in [1.54, 1.807) is 31.2 Å². The van der Waals surface area contributed by atoms with Gasteiger partial charge in [-0.1, -0.05) is 44.9 Å². The fraction of sp³-hybridized carbons (Fsp3) is 0.609. The van der Waals surface area contributed by atoms with Crippen LogP contribution in [0.15, 0.2) is 29.4 Å². The minimum atomic E-state index is -0.371. The van der Waals surface area contributed by atoms with E-state index in [1.165, 1.54) is 44.9 Å². The fourth-order valence-electron chi connectivity index (χ4n) is 3.36. The molecule has 0 saturated heterocycles. The molecule has 1 aromatic carbocycles. The number of carbonyl (C=O) groups is 2. The van der Waals surface area contributed by atoms with Gasteiger partial charge in [-0.15, -0.1) is 0 Å². The van der Waals surface area contributed by atoms with Crippen LogP contribution < -0.4 is 10.2 Å². The SMILES string of the molecule is CCOC(=O)c1ccc(OCC(=O)NN=C2CCCCCCCCCCC2)cc1. The van der Waals surface area contributed by atoms with E-state index in [-0.39, 0.29) is 18.5 Å². The molecular formula is C23H34N2O4. The van der Waals surface area contributed by atoms with Crippen LogP contribution in [0.5, 0.6) is 5.75 Å². The number of rotatable bonds is 6. The monoisotopic (exact) mass is 402 g/mol. The zero-order valence-corrected chi connectivity index (χ0v) is 17.6. The van der Waals surface area contributed by atoms with Crippen LogP contribution in [-0.2, 0) is 9.53 Å². The van der Waals surface area contributed by atoms with Crippen molar-refractivity contribution < 1.29 is 19.1 Å². The Bertz CT molecular complexity index is 641. The summed E-state index contributed by atoms with van der Waals surface area (Å²) in [7, 11) is 0. The molecule has 1 saturated carbocycles. The highest BCUT2D eigenvalue weighted by Gasteiger charge is 2.08. The second-order valence-electron chi connectivity index (χ2n) is 7.43. The Hall–Kier alpha value is -2.37. The maximum absolute atomic E-state index is 12.1. The molecule has 1 N–H and O–H groups in total. The molecule has 0 bridgehead atoms. The Morgan fingerprint density at radius 2 is 1.45 bits per heavy atom. The molecule has 0 heterocycles. The van der Waals surface area contributed by atoms with Gasteiger partial charge in [0.25, 0.3) is 5.91 Å². The summed E-state index contributed by atoms with van der Waals surface area (Å²) in [4.78, 5) is 23.7. The summed E-state index contributed by atoms with van der Waals surface area (Å²) in [5.41, 5.74) is 4.17. The summed E-state index contributed by atoms with van der Waals surface area (Å²) < 4.78 is 10.4. The average Bonchev–Trinajstić information content (AvgIpc) is 2.72. The molecule has 0 spiro atoms. The van der Waals surface area contributed by atoms with Gasteiger partial charge in [-0.3, -0.25) is 4.79 Å². The first kappa shape index (κ1) is 22.9. The summed E-state index contributed by atoms with van der Waals surface area (Å²) in [5.74, 6) is -0.130. The Morgan fingerprint density at radius 1 is 0.897 bits per heavy atom. The molecule has 29 heavy (non-hydrogen) atoms. The molecule has 0 aliphatic heterocycles. The summed E-state index contributed by atoms with van der Waals surface area (Å²) >= 11 is 0. The van der Waals surface area contributed by atoms with Crippen LogP contribution in [0.3, 0.4) is 0 Å². The van der Waals surface area contributed by atoms with Crippen molar-refractivity contribution in [3.05, 3.63) is 29.8 Å². The molecule has 1 aliphatic carbocycles. The Balaban J connectivity index is 1.76. The number of benzene rings is 1. The molecule has 0 unspecified atom stereocenters. The zero-order chi connectivity index (χ0) is 20.7. The molecule has 2 rings (SSSR count). The highest BCUT2D eigenvalue weighted by atomic mass is 16.5. The third-order valence-corrected chi connectivity index (χ3v) is 5.00. The molecule has 0 radical (unpaired) electrons. The van der Waals surface area contributed by atoms with E-state index in [2.05, 4.69) is 10.5 Å². The lowest BCUT2D eigenvalue weighted by Crippen LogP contribution is -2.26. The third kappa shape index (κ3) is 9.59. The van der Waals surface area contributed by atoms with Crippen molar-refractivity contribution in [2.75, 3.05) is 13.2 Å². The number of carbonyl (C=O) groups excluding carboxylic acids is 2. The van der Waals surface area contributed by atoms with Crippen molar-refractivity contribution in [2.45, 2.75) is 77.6 Å². The molecule has 6 heteroatoms. The van der Waals surface area contributed by atoms with Gasteiger partial charge in [0.05, 0.1) is 12.2 Å². The minimum Gasteiger partial charge on any atom is -0.484 e. The second-order valence-corrected chi connectivity index (χ2v) is 7.43. The topological polar surface area (TPSA) is 77.0 Å². The quantitative estimate of drug-likeness (QED) is 0.535. The average molecular weight is 403 g/mol. The predicted molar refractivity (Wildman–Crippen MR) is 114 cm³/mol. The first-order valence-electron chi connectivity index (χ1n) is 10.9. The van der Waals surface area contributed by atoms with Crippen LogP contribution >= 0.6 is 0 Å². The van der Waals surface area contributed by atoms with E-state index in [0.29, 0.717) is 17.9 Å². The molecule has 1 aromatic rings. The number of hydrazone groups is 1. The van der Waals surface area contributed by atoms with Crippen LogP contribution in [-0.4, -0.2) is 30.8 Å². The summed E-state index contributed by atoms with van der Waals surface area (Å²) in [6.07, 6.45) is 13.3. The smallest absolute Gasteiger partial charge is 0.338 e. The molecule has 1 fully saturated rings. The molecular weight excluding hydrogens is 368 g/mol. The molecule has 6 nitrogen and oxygen atoms in total. The number of ether oxygens (including phenoxy) is 2. The first-order chi connectivity index (χ1) is 14.2. The molecule has 1 aliphatic rings. The molecule has 1 amide bonds. The number of hydrogen-bond acceptors (Lipinski definition) is 5. The van der Waals surface area contributed by atoms with Crippen molar-refractivity contribution in [1.82, 2.24) is 5.43 Å². The fourth-order valence-corrected chi connectivity index (χ4v) is 3.36. The molecule has 0 aromatic heterocycles. The van der Waals surface area contributed by atoms with Gasteiger partial charge in [0.2, 0.25) is 0 Å². The highest BCUT2D eigenvalue weighted by Crippen LogP contribution is 2.16. The van der Waals surface area contributed by atoms with Gasteiger partial charge in [-0.05, 0) is 56.9 Å². The van der Waals surface area contributed by atoms with E-state index in [4.69, 9.17) is 9.47 Å². The van der Waals surface area contributed by atoms with Gasteiger partial charge in [0.1, 0.15) is 5.75 Å². The van der Waals surface area contributed by atoms with Crippen LogP contribution in [0, 0.1) is 0 Å². The lowest BCUT2D eigenvalue weighted by molar-refractivity contribution is -0.123. The number of nitrogens with zero attached hydrogens (tertiary/aromatic N) is 1. The van der Waals surface area contributed by atoms with Gasteiger partial charge in [0, 0.05) is 5.71 Å². The first-order valence-corrected chi connectivity index (χ1v) is 10.9. The van der Waals surface area contributed by atoms with E-state index in [1.807, 2.05) is 0 Å². The normalized spacial score (nSPS) is 16.1. The minimum absolute atomic E-state index is 0.116. The van der Waals surface area contributed by atoms with Gasteiger partial charge in [0.15, 0.2) is 6.61 Å². The molecule has 160 valence electrons. The van der Waals surface area contributed by atoms with Crippen molar-refractivity contribution in [3.8, 4) is 5.75 Å². The lowest BCUT2D eigenvalue weighted by atomic mass is 10.00. The van der Waals surface area contributed by atoms with E-state index >= 15 is 0 Å². The van der Waals surface area contributed by atoms with Crippen molar-refractivity contribution in [3.63, 3.8) is 0 Å². The Labute approximate surface area is 174 Å². The van der Waals surface area contributed by atoms with Crippen molar-refractivity contribution in [1.29, 1.82) is 0 Å². The van der Waals surface area contributed by atoms with E-state index in [0.717, 1.165) is 31.4 Å². The number of amides is 1. The molecule has 0 atom stereocenters. The van der Waals surface area contributed by atoms with Gasteiger partial charge >= 0.3 is 5.97 Å². The van der Waals surface area contributed by atoms with Crippen molar-refractivity contribution >= 4 is 17.6 Å². The summed E-state index contributed by atoms with van der Waals surface area (Å²) in [6.45, 7) is 1.98. The van der Waals surface area contributed by atoms with Crippen molar-refractivity contribution in [2.24, 2.45) is 5.10 Å². The van der Waals surface area contributed by atoms with E-state index < -0.39 is 0 Å². The number of esters is 1. The predicted octanol–water partition coefficient (Wildman–Crippen LogP) is 5.02. The Kier molecular flexibility index (Phi) is 10.9. The zero-order valence-electron chi connectivity index (χ0n) is 17.6. The van der Waals surface area contributed by atoms with Gasteiger partial charge < -0.3 is 9.47 Å². The largest absolute Gasteiger partial charge is 0.484 e. The van der Waals surface area contributed by atoms with Gasteiger partial charge in [-0.25, -0.2) is 10.2 Å². The number of nitrogens with one attached hydrogen (secondary N) is 1. The maximum Gasteiger partial charge on any atom is 0.338 e.